The molecule has 0 radical (unpaired) electrons. The Balaban J connectivity index is 1.70. The first-order chi connectivity index (χ1) is 12.9. The highest BCUT2D eigenvalue weighted by Crippen LogP contribution is 2.27. The van der Waals surface area contributed by atoms with Crippen LogP contribution in [0.5, 0.6) is 0 Å². The lowest BCUT2D eigenvalue weighted by Gasteiger charge is -2.15. The second kappa shape index (κ2) is 8.68. The number of benzene rings is 1. The van der Waals surface area contributed by atoms with Gasteiger partial charge in [-0.2, -0.15) is 4.31 Å². The zero-order valence-electron chi connectivity index (χ0n) is 15.2. The Hall–Kier alpha value is -1.49. The Morgan fingerprint density at radius 2 is 2.04 bits per heavy atom. The predicted octanol–water partition coefficient (Wildman–Crippen LogP) is 3.32. The molecule has 10 heteroatoms. The quantitative estimate of drug-likeness (QED) is 0.539. The molecule has 0 saturated carbocycles. The fourth-order valence-corrected chi connectivity index (χ4v) is 5.89. The summed E-state index contributed by atoms with van der Waals surface area (Å²) < 4.78 is 27.6. The summed E-state index contributed by atoms with van der Waals surface area (Å²) in [6.45, 7) is 5.31. The minimum atomic E-state index is -3.55. The first-order valence-corrected chi connectivity index (χ1v) is 12.0. The standard InChI is InChI=1S/C17H22N4O3S3/c1-12(2)11-25-17-20-19-16(26-17)18-15(22)13-6-5-7-14(10-13)27(23,24)21-8-3-4-9-21/h5-7,10,12H,3-4,8-9,11H2,1-2H3,(H,18,19,22). The number of anilines is 1. The zero-order valence-corrected chi connectivity index (χ0v) is 17.7. The summed E-state index contributed by atoms with van der Waals surface area (Å²) >= 11 is 2.91. The number of sulfonamides is 1. The van der Waals surface area contributed by atoms with E-state index in [4.69, 9.17) is 0 Å². The SMILES string of the molecule is CC(C)CSc1nnc(NC(=O)c2cccc(S(=O)(=O)N3CCCC3)c2)s1. The lowest BCUT2D eigenvalue weighted by atomic mass is 10.2. The third-order valence-electron chi connectivity index (χ3n) is 3.97. The number of hydrogen-bond donors (Lipinski definition) is 1. The van der Waals surface area contributed by atoms with E-state index in [9.17, 15) is 13.2 Å². The van der Waals surface area contributed by atoms with Crippen LogP contribution in [0.2, 0.25) is 0 Å². The van der Waals surface area contributed by atoms with Crippen molar-refractivity contribution in [2.45, 2.75) is 35.9 Å². The molecule has 0 aliphatic carbocycles. The van der Waals surface area contributed by atoms with Crippen molar-refractivity contribution in [2.75, 3.05) is 24.2 Å². The summed E-state index contributed by atoms with van der Waals surface area (Å²) in [6, 6.07) is 6.12. The first kappa shape index (κ1) is 20.2. The van der Waals surface area contributed by atoms with E-state index < -0.39 is 15.9 Å². The van der Waals surface area contributed by atoms with Gasteiger partial charge in [0, 0.05) is 24.4 Å². The van der Waals surface area contributed by atoms with Crippen LogP contribution in [0.1, 0.15) is 37.0 Å². The van der Waals surface area contributed by atoms with E-state index in [-0.39, 0.29) is 10.5 Å². The third-order valence-corrected chi connectivity index (χ3v) is 8.26. The van der Waals surface area contributed by atoms with E-state index >= 15 is 0 Å². The average molecular weight is 427 g/mol. The molecule has 7 nitrogen and oxygen atoms in total. The van der Waals surface area contributed by atoms with Gasteiger partial charge < -0.3 is 0 Å². The first-order valence-electron chi connectivity index (χ1n) is 8.74. The molecule has 1 aromatic heterocycles. The molecule has 27 heavy (non-hydrogen) atoms. The van der Waals surface area contributed by atoms with Crippen LogP contribution in [0.15, 0.2) is 33.5 Å². The van der Waals surface area contributed by atoms with Gasteiger partial charge in [-0.05, 0) is 37.0 Å². The van der Waals surface area contributed by atoms with Crippen molar-refractivity contribution in [1.29, 1.82) is 0 Å². The highest BCUT2D eigenvalue weighted by atomic mass is 32.2. The molecule has 1 aliphatic rings. The number of amides is 1. The average Bonchev–Trinajstić information content (AvgIpc) is 3.32. The molecule has 1 aromatic carbocycles. The van der Waals surface area contributed by atoms with E-state index in [0.29, 0.717) is 24.1 Å². The molecule has 146 valence electrons. The van der Waals surface area contributed by atoms with Crippen LogP contribution in [0.4, 0.5) is 5.13 Å². The highest BCUT2D eigenvalue weighted by Gasteiger charge is 2.27. The van der Waals surface area contributed by atoms with E-state index in [1.54, 1.807) is 23.9 Å². The second-order valence-electron chi connectivity index (χ2n) is 6.67. The number of carbonyl (C=O) groups is 1. The number of nitrogens with one attached hydrogen (secondary N) is 1. The molecular formula is C17H22N4O3S3. The maximum absolute atomic E-state index is 12.7. The van der Waals surface area contributed by atoms with Crippen molar-refractivity contribution < 1.29 is 13.2 Å². The third kappa shape index (κ3) is 5.07. The van der Waals surface area contributed by atoms with E-state index in [0.717, 1.165) is 22.9 Å². The second-order valence-corrected chi connectivity index (χ2v) is 10.9. The number of rotatable bonds is 7. The van der Waals surface area contributed by atoms with Crippen LogP contribution in [-0.4, -0.2) is 47.7 Å². The highest BCUT2D eigenvalue weighted by molar-refractivity contribution is 8.01. The zero-order chi connectivity index (χ0) is 19.4. The molecule has 1 amide bonds. The Bertz CT molecular complexity index is 906. The van der Waals surface area contributed by atoms with Crippen molar-refractivity contribution in [1.82, 2.24) is 14.5 Å². The summed E-state index contributed by atoms with van der Waals surface area (Å²) in [5.41, 5.74) is 0.279. The van der Waals surface area contributed by atoms with Gasteiger partial charge in [0.2, 0.25) is 15.2 Å². The number of thioether (sulfide) groups is 1. The Morgan fingerprint density at radius 1 is 1.30 bits per heavy atom. The summed E-state index contributed by atoms with van der Waals surface area (Å²) in [5.74, 6) is 1.07. The summed E-state index contributed by atoms with van der Waals surface area (Å²) in [5, 5.41) is 11.1. The largest absolute Gasteiger partial charge is 0.296 e. The van der Waals surface area contributed by atoms with Crippen LogP contribution in [0, 0.1) is 5.92 Å². The molecule has 0 unspecified atom stereocenters. The minimum Gasteiger partial charge on any atom is -0.296 e. The minimum absolute atomic E-state index is 0.141. The molecule has 0 atom stereocenters. The Labute approximate surface area is 167 Å². The molecule has 2 heterocycles. The van der Waals surface area contributed by atoms with Gasteiger partial charge in [-0.3, -0.25) is 10.1 Å². The molecule has 0 bridgehead atoms. The van der Waals surface area contributed by atoms with Crippen LogP contribution >= 0.6 is 23.1 Å². The smallest absolute Gasteiger partial charge is 0.257 e. The number of hydrogen-bond acceptors (Lipinski definition) is 7. The molecule has 0 spiro atoms. The van der Waals surface area contributed by atoms with Gasteiger partial charge in [0.1, 0.15) is 0 Å². The van der Waals surface area contributed by atoms with Crippen molar-refractivity contribution in [3.05, 3.63) is 29.8 Å². The monoisotopic (exact) mass is 426 g/mol. The van der Waals surface area contributed by atoms with E-state index in [1.165, 1.54) is 27.8 Å². The van der Waals surface area contributed by atoms with Gasteiger partial charge in [-0.15, -0.1) is 10.2 Å². The van der Waals surface area contributed by atoms with Crippen LogP contribution < -0.4 is 5.32 Å². The number of nitrogens with zero attached hydrogens (tertiary/aromatic N) is 3. The van der Waals surface area contributed by atoms with Crippen molar-refractivity contribution in [3.8, 4) is 0 Å². The molecule has 2 aromatic rings. The molecule has 1 saturated heterocycles. The van der Waals surface area contributed by atoms with Crippen LogP contribution in [0.3, 0.4) is 0 Å². The number of aromatic nitrogens is 2. The molecule has 1 aliphatic heterocycles. The normalized spacial score (nSPS) is 15.4. The van der Waals surface area contributed by atoms with Gasteiger partial charge in [0.25, 0.3) is 5.91 Å². The van der Waals surface area contributed by atoms with Crippen molar-refractivity contribution in [3.63, 3.8) is 0 Å². The van der Waals surface area contributed by atoms with Gasteiger partial charge in [0.15, 0.2) is 4.34 Å². The van der Waals surface area contributed by atoms with E-state index in [1.807, 2.05) is 0 Å². The maximum Gasteiger partial charge on any atom is 0.257 e. The number of carbonyl (C=O) groups excluding carboxylic acids is 1. The van der Waals surface area contributed by atoms with Gasteiger partial charge >= 0.3 is 0 Å². The fraction of sp³-hybridized carbons (Fsp3) is 0.471. The molecule has 1 N–H and O–H groups in total. The maximum atomic E-state index is 12.7. The van der Waals surface area contributed by atoms with E-state index in [2.05, 4.69) is 29.4 Å². The summed E-state index contributed by atoms with van der Waals surface area (Å²) in [6.07, 6.45) is 1.74. The van der Waals surface area contributed by atoms with Crippen LogP contribution in [-0.2, 0) is 10.0 Å². The van der Waals surface area contributed by atoms with Crippen LogP contribution in [0.25, 0.3) is 0 Å². The molecule has 3 rings (SSSR count). The van der Waals surface area contributed by atoms with Crippen molar-refractivity contribution in [2.24, 2.45) is 5.92 Å². The predicted molar refractivity (Wildman–Crippen MR) is 108 cm³/mol. The lowest BCUT2D eigenvalue weighted by Crippen LogP contribution is -2.28. The topological polar surface area (TPSA) is 92.3 Å². The summed E-state index contributed by atoms with van der Waals surface area (Å²) in [7, 11) is -3.55. The van der Waals surface area contributed by atoms with Crippen molar-refractivity contribution >= 4 is 44.2 Å². The summed E-state index contributed by atoms with van der Waals surface area (Å²) in [4.78, 5) is 12.6. The van der Waals surface area contributed by atoms with Gasteiger partial charge in [-0.25, -0.2) is 8.42 Å². The lowest BCUT2D eigenvalue weighted by molar-refractivity contribution is 0.102. The van der Waals surface area contributed by atoms with Gasteiger partial charge in [-0.1, -0.05) is 43.0 Å². The molecule has 1 fully saturated rings. The fourth-order valence-electron chi connectivity index (χ4n) is 2.60. The Kier molecular flexibility index (Phi) is 6.51. The Morgan fingerprint density at radius 3 is 2.74 bits per heavy atom. The molecular weight excluding hydrogens is 404 g/mol. The van der Waals surface area contributed by atoms with Gasteiger partial charge in [0.05, 0.1) is 4.90 Å².